The van der Waals surface area contributed by atoms with Crippen molar-refractivity contribution >= 4 is 27.0 Å². The average molecular weight is 401 g/mol. The molecule has 2 aliphatic heterocycles. The molecule has 0 atom stereocenters. The zero-order valence-electron chi connectivity index (χ0n) is 16.2. The van der Waals surface area contributed by atoms with Gasteiger partial charge in [-0.25, -0.2) is 13.2 Å². The lowest BCUT2D eigenvalue weighted by molar-refractivity contribution is 0.0295. The first-order valence-corrected chi connectivity index (χ1v) is 10.6. The van der Waals surface area contributed by atoms with Gasteiger partial charge in [-0.05, 0) is 44.1 Å². The molecular formula is C20H23N3O4S. The van der Waals surface area contributed by atoms with Crippen molar-refractivity contribution in [1.29, 1.82) is 0 Å². The van der Waals surface area contributed by atoms with E-state index < -0.39 is 15.6 Å². The minimum absolute atomic E-state index is 0.218. The third kappa shape index (κ3) is 3.38. The lowest BCUT2D eigenvalue weighted by atomic mass is 10.2. The molecule has 0 aliphatic carbocycles. The molecule has 0 saturated carbocycles. The second kappa shape index (κ2) is 6.56. The normalized spacial score (nSPS) is 18.0. The van der Waals surface area contributed by atoms with Gasteiger partial charge in [0, 0.05) is 37.8 Å². The number of ether oxygens (including phenoxy) is 1. The Morgan fingerprint density at radius 1 is 1.04 bits per heavy atom. The first-order chi connectivity index (χ1) is 13.1. The van der Waals surface area contributed by atoms with Gasteiger partial charge in [0.25, 0.3) is 0 Å². The average Bonchev–Trinajstić information content (AvgIpc) is 3.19. The number of rotatable bonds is 2. The summed E-state index contributed by atoms with van der Waals surface area (Å²) in [6.45, 7) is 6.88. The number of amides is 1. The van der Waals surface area contributed by atoms with Gasteiger partial charge in [-0.1, -0.05) is 18.2 Å². The van der Waals surface area contributed by atoms with E-state index in [0.29, 0.717) is 31.7 Å². The Bertz CT molecular complexity index is 1060. The summed E-state index contributed by atoms with van der Waals surface area (Å²) in [6, 6.07) is 8.82. The van der Waals surface area contributed by atoms with Crippen molar-refractivity contribution in [1.82, 2.24) is 14.2 Å². The van der Waals surface area contributed by atoms with Crippen molar-refractivity contribution in [3.05, 3.63) is 47.7 Å². The number of pyridine rings is 1. The van der Waals surface area contributed by atoms with Gasteiger partial charge in [0.2, 0.25) is 10.0 Å². The smallest absolute Gasteiger partial charge is 0.410 e. The molecule has 0 saturated heterocycles. The number of nitrogens with zero attached hydrogens (tertiary/aromatic N) is 3. The fourth-order valence-corrected chi connectivity index (χ4v) is 5.19. The highest BCUT2D eigenvalue weighted by Gasteiger charge is 2.39. The van der Waals surface area contributed by atoms with Crippen LogP contribution in [0.25, 0.3) is 10.9 Å². The van der Waals surface area contributed by atoms with Crippen LogP contribution in [0.4, 0.5) is 4.79 Å². The molecular weight excluding hydrogens is 378 g/mol. The van der Waals surface area contributed by atoms with Crippen molar-refractivity contribution in [2.75, 3.05) is 26.2 Å². The van der Waals surface area contributed by atoms with Crippen molar-refractivity contribution in [3.63, 3.8) is 0 Å². The van der Waals surface area contributed by atoms with Crippen LogP contribution in [0.2, 0.25) is 0 Å². The second-order valence-electron chi connectivity index (χ2n) is 8.15. The lowest BCUT2D eigenvalue weighted by Crippen LogP contribution is -2.39. The van der Waals surface area contributed by atoms with E-state index in [4.69, 9.17) is 4.74 Å². The molecule has 0 unspecified atom stereocenters. The van der Waals surface area contributed by atoms with Crippen molar-refractivity contribution < 1.29 is 17.9 Å². The monoisotopic (exact) mass is 401 g/mol. The van der Waals surface area contributed by atoms with E-state index in [1.807, 2.05) is 32.9 Å². The first-order valence-electron chi connectivity index (χ1n) is 9.17. The van der Waals surface area contributed by atoms with Crippen molar-refractivity contribution in [2.24, 2.45) is 0 Å². The van der Waals surface area contributed by atoms with Gasteiger partial charge in [0.15, 0.2) is 0 Å². The summed E-state index contributed by atoms with van der Waals surface area (Å²) in [6.07, 6.45) is 1.23. The van der Waals surface area contributed by atoms with Gasteiger partial charge in [-0.2, -0.15) is 4.31 Å². The molecule has 0 N–H and O–H groups in total. The van der Waals surface area contributed by atoms with E-state index in [2.05, 4.69) is 4.98 Å². The standard InChI is InChI=1S/C20H23N3O4S/c1-20(2,3)27-19(24)22-10-15-12-23(13-16(15)11-22)28(25,26)17-8-4-6-14-7-5-9-21-18(14)17/h4-9H,10-13H2,1-3H3. The fraction of sp³-hybridized carbons (Fsp3) is 0.400. The number of fused-ring (bicyclic) bond motifs is 1. The molecule has 0 bridgehead atoms. The summed E-state index contributed by atoms with van der Waals surface area (Å²) in [4.78, 5) is 18.4. The Morgan fingerprint density at radius 3 is 2.32 bits per heavy atom. The van der Waals surface area contributed by atoms with Gasteiger partial charge >= 0.3 is 6.09 Å². The molecule has 1 aromatic carbocycles. The zero-order chi connectivity index (χ0) is 20.1. The summed E-state index contributed by atoms with van der Waals surface area (Å²) in [5.74, 6) is 0. The van der Waals surface area contributed by atoms with E-state index in [9.17, 15) is 13.2 Å². The minimum atomic E-state index is -3.68. The minimum Gasteiger partial charge on any atom is -0.444 e. The topological polar surface area (TPSA) is 79.8 Å². The van der Waals surface area contributed by atoms with Crippen LogP contribution in [-0.4, -0.2) is 60.5 Å². The Balaban J connectivity index is 1.51. The quantitative estimate of drug-likeness (QED) is 0.723. The highest BCUT2D eigenvalue weighted by atomic mass is 32.2. The first kappa shape index (κ1) is 18.9. The molecule has 1 amide bonds. The maximum Gasteiger partial charge on any atom is 0.410 e. The number of aromatic nitrogens is 1. The Hall–Kier alpha value is -2.45. The van der Waals surface area contributed by atoms with Gasteiger partial charge in [-0.15, -0.1) is 0 Å². The van der Waals surface area contributed by atoms with Crippen LogP contribution in [-0.2, 0) is 14.8 Å². The number of hydrogen-bond donors (Lipinski definition) is 0. The highest BCUT2D eigenvalue weighted by molar-refractivity contribution is 7.89. The van der Waals surface area contributed by atoms with Gasteiger partial charge in [0.1, 0.15) is 10.5 Å². The predicted octanol–water partition coefficient (Wildman–Crippen LogP) is 2.79. The van der Waals surface area contributed by atoms with E-state index in [1.165, 1.54) is 4.31 Å². The van der Waals surface area contributed by atoms with E-state index >= 15 is 0 Å². The Morgan fingerprint density at radius 2 is 1.68 bits per heavy atom. The van der Waals surface area contributed by atoms with E-state index in [-0.39, 0.29) is 11.0 Å². The summed E-state index contributed by atoms with van der Waals surface area (Å²) >= 11 is 0. The maximum absolute atomic E-state index is 13.2. The number of hydrogen-bond acceptors (Lipinski definition) is 5. The highest BCUT2D eigenvalue weighted by Crippen LogP contribution is 2.32. The third-order valence-corrected chi connectivity index (χ3v) is 6.69. The molecule has 28 heavy (non-hydrogen) atoms. The number of carbonyl (C=O) groups is 1. The molecule has 2 aromatic rings. The summed E-state index contributed by atoms with van der Waals surface area (Å²) in [7, 11) is -3.68. The summed E-state index contributed by atoms with van der Waals surface area (Å²) in [5.41, 5.74) is 1.87. The predicted molar refractivity (Wildman–Crippen MR) is 105 cm³/mol. The maximum atomic E-state index is 13.2. The van der Waals surface area contributed by atoms with Crippen LogP contribution in [0, 0.1) is 0 Å². The van der Waals surface area contributed by atoms with E-state index in [0.717, 1.165) is 16.5 Å². The molecule has 148 valence electrons. The number of para-hydroxylation sites is 1. The molecule has 4 rings (SSSR count). The summed E-state index contributed by atoms with van der Waals surface area (Å²) < 4.78 is 33.4. The molecule has 1 aromatic heterocycles. The number of sulfonamides is 1. The Labute approximate surface area is 164 Å². The van der Waals surface area contributed by atoms with Crippen molar-refractivity contribution in [2.45, 2.75) is 31.3 Å². The van der Waals surface area contributed by atoms with Crippen LogP contribution in [0.15, 0.2) is 52.6 Å². The van der Waals surface area contributed by atoms with Gasteiger partial charge < -0.3 is 9.64 Å². The number of benzene rings is 1. The second-order valence-corrected chi connectivity index (χ2v) is 10.1. The van der Waals surface area contributed by atoms with Gasteiger partial charge in [0.05, 0.1) is 5.52 Å². The van der Waals surface area contributed by atoms with Crippen LogP contribution >= 0.6 is 0 Å². The SMILES string of the molecule is CC(C)(C)OC(=O)N1CC2=C(C1)CN(S(=O)(=O)c1cccc3cccnc13)C2. The third-order valence-electron chi connectivity index (χ3n) is 4.86. The summed E-state index contributed by atoms with van der Waals surface area (Å²) in [5, 5.41) is 0.791. The molecule has 2 aliphatic rings. The molecule has 3 heterocycles. The van der Waals surface area contributed by atoms with Crippen LogP contribution in [0.5, 0.6) is 0 Å². The molecule has 7 nitrogen and oxygen atoms in total. The molecule has 0 fully saturated rings. The lowest BCUT2D eigenvalue weighted by Gasteiger charge is -2.26. The van der Waals surface area contributed by atoms with Crippen LogP contribution in [0.1, 0.15) is 20.8 Å². The zero-order valence-corrected chi connectivity index (χ0v) is 17.0. The molecule has 0 spiro atoms. The fourth-order valence-electron chi connectivity index (χ4n) is 3.59. The van der Waals surface area contributed by atoms with Crippen LogP contribution < -0.4 is 0 Å². The number of carbonyl (C=O) groups excluding carboxylic acids is 1. The van der Waals surface area contributed by atoms with Crippen molar-refractivity contribution in [3.8, 4) is 0 Å². The van der Waals surface area contributed by atoms with E-state index in [1.54, 1.807) is 29.3 Å². The largest absolute Gasteiger partial charge is 0.444 e. The molecule has 0 radical (unpaired) electrons. The Kier molecular flexibility index (Phi) is 4.43. The molecule has 8 heteroatoms. The van der Waals surface area contributed by atoms with Crippen LogP contribution in [0.3, 0.4) is 0 Å². The van der Waals surface area contributed by atoms with Gasteiger partial charge in [-0.3, -0.25) is 4.98 Å².